The summed E-state index contributed by atoms with van der Waals surface area (Å²) in [5, 5.41) is 3.84. The molecule has 4 rings (SSSR count). The first-order chi connectivity index (χ1) is 16.4. The maximum Gasteiger partial charge on any atom is 0.256 e. The summed E-state index contributed by atoms with van der Waals surface area (Å²) in [4.78, 5) is 33.7. The van der Waals surface area contributed by atoms with Crippen molar-refractivity contribution in [2.75, 3.05) is 32.6 Å². The summed E-state index contributed by atoms with van der Waals surface area (Å²) in [5.41, 5.74) is 3.77. The molecule has 178 valence electrons. The Kier molecular flexibility index (Phi) is 7.17. The molecule has 0 saturated carbocycles. The van der Waals surface area contributed by atoms with Gasteiger partial charge in [-0.3, -0.25) is 9.59 Å². The second-order valence-electron chi connectivity index (χ2n) is 8.35. The summed E-state index contributed by atoms with van der Waals surface area (Å²) in [7, 11) is 3.05. The number of hydrogen-bond acceptors (Lipinski definition) is 6. The highest BCUT2D eigenvalue weighted by molar-refractivity contribution is 7.12. The average Bonchev–Trinajstić information content (AvgIpc) is 3.49. The first-order valence-corrected chi connectivity index (χ1v) is 12.1. The van der Waals surface area contributed by atoms with E-state index in [9.17, 15) is 9.59 Å². The van der Waals surface area contributed by atoms with Crippen LogP contribution in [-0.2, 0) is 11.2 Å². The van der Waals surface area contributed by atoms with Gasteiger partial charge in [0.05, 0.1) is 42.6 Å². The van der Waals surface area contributed by atoms with Gasteiger partial charge in [-0.1, -0.05) is 29.8 Å². The second-order valence-corrected chi connectivity index (χ2v) is 9.64. The molecule has 2 heterocycles. The average molecular weight is 480 g/mol. The number of rotatable bonds is 7. The van der Waals surface area contributed by atoms with Crippen LogP contribution in [-0.4, -0.2) is 49.0 Å². The van der Waals surface area contributed by atoms with E-state index in [2.05, 4.69) is 10.3 Å². The Bertz CT molecular complexity index is 1200. The lowest BCUT2D eigenvalue weighted by atomic mass is 10.1. The predicted molar refractivity (Wildman–Crippen MR) is 134 cm³/mol. The first-order valence-electron chi connectivity index (χ1n) is 11.3. The molecule has 0 bridgehead atoms. The Morgan fingerprint density at radius 3 is 2.32 bits per heavy atom. The number of nitrogens with zero attached hydrogens (tertiary/aromatic N) is 2. The fraction of sp³-hybridized carbons (Fsp3) is 0.346. The third-order valence-electron chi connectivity index (χ3n) is 5.87. The lowest BCUT2D eigenvalue weighted by molar-refractivity contribution is -0.115. The maximum absolute atomic E-state index is 13.2. The van der Waals surface area contributed by atoms with Crippen molar-refractivity contribution >= 4 is 28.8 Å². The number of thiazole rings is 1. The van der Waals surface area contributed by atoms with Gasteiger partial charge in [0.1, 0.15) is 0 Å². The fourth-order valence-corrected chi connectivity index (χ4v) is 5.07. The van der Waals surface area contributed by atoms with Crippen molar-refractivity contribution < 1.29 is 19.1 Å². The molecule has 0 radical (unpaired) electrons. The van der Waals surface area contributed by atoms with Crippen LogP contribution in [0.1, 0.15) is 38.6 Å². The van der Waals surface area contributed by atoms with E-state index in [1.807, 2.05) is 38.1 Å². The van der Waals surface area contributed by atoms with Gasteiger partial charge < -0.3 is 19.7 Å². The summed E-state index contributed by atoms with van der Waals surface area (Å²) < 4.78 is 10.8. The zero-order chi connectivity index (χ0) is 24.2. The number of methoxy groups -OCH3 is 2. The zero-order valence-electron chi connectivity index (χ0n) is 19.9. The highest BCUT2D eigenvalue weighted by Crippen LogP contribution is 2.35. The van der Waals surface area contributed by atoms with Crippen molar-refractivity contribution in [2.45, 2.75) is 33.1 Å². The molecule has 34 heavy (non-hydrogen) atoms. The Labute approximate surface area is 203 Å². The minimum Gasteiger partial charge on any atom is -0.493 e. The SMILES string of the molecule is COc1cc(NC(=O)Cc2sc(C)nc2-c2ccc(C)cc2)c(C(=O)N2CCCC2)cc1OC. The minimum absolute atomic E-state index is 0.122. The number of amides is 2. The maximum atomic E-state index is 13.2. The minimum atomic E-state index is -0.222. The molecule has 7 nitrogen and oxygen atoms in total. The van der Waals surface area contributed by atoms with E-state index in [0.717, 1.165) is 34.0 Å². The number of likely N-dealkylation sites (tertiary alicyclic amines) is 1. The van der Waals surface area contributed by atoms with Crippen LogP contribution in [0.3, 0.4) is 0 Å². The number of hydrogen-bond donors (Lipinski definition) is 1. The van der Waals surface area contributed by atoms with Crippen LogP contribution in [0, 0.1) is 13.8 Å². The van der Waals surface area contributed by atoms with Crippen molar-refractivity contribution in [1.29, 1.82) is 0 Å². The van der Waals surface area contributed by atoms with E-state index in [1.165, 1.54) is 31.1 Å². The summed E-state index contributed by atoms with van der Waals surface area (Å²) >= 11 is 1.51. The molecule has 1 aliphatic heterocycles. The van der Waals surface area contributed by atoms with Gasteiger partial charge in [-0.15, -0.1) is 11.3 Å². The van der Waals surface area contributed by atoms with Gasteiger partial charge in [0.25, 0.3) is 5.91 Å². The molecule has 0 spiro atoms. The summed E-state index contributed by atoms with van der Waals surface area (Å²) in [6, 6.07) is 11.4. The molecule has 2 aromatic carbocycles. The van der Waals surface area contributed by atoms with E-state index in [4.69, 9.17) is 9.47 Å². The molecular formula is C26H29N3O4S. The molecule has 0 atom stereocenters. The molecular weight excluding hydrogens is 450 g/mol. The van der Waals surface area contributed by atoms with Gasteiger partial charge in [0, 0.05) is 29.6 Å². The standard InChI is InChI=1S/C26H29N3O4S/c1-16-7-9-18(10-8-16)25-23(34-17(2)27-25)15-24(30)28-20-14-22(33-4)21(32-3)13-19(20)26(31)29-11-5-6-12-29/h7-10,13-14H,5-6,11-12,15H2,1-4H3,(H,28,30). The Morgan fingerprint density at radius 1 is 1.03 bits per heavy atom. The van der Waals surface area contributed by atoms with Gasteiger partial charge >= 0.3 is 0 Å². The highest BCUT2D eigenvalue weighted by Gasteiger charge is 2.25. The number of ether oxygens (including phenoxy) is 2. The molecule has 0 aliphatic carbocycles. The van der Waals surface area contributed by atoms with E-state index >= 15 is 0 Å². The zero-order valence-corrected chi connectivity index (χ0v) is 20.8. The van der Waals surface area contributed by atoms with E-state index in [-0.39, 0.29) is 18.2 Å². The second kappa shape index (κ2) is 10.3. The van der Waals surface area contributed by atoms with Gasteiger partial charge in [-0.25, -0.2) is 4.98 Å². The Hall–Kier alpha value is -3.39. The number of aryl methyl sites for hydroxylation is 2. The molecule has 2 amide bonds. The number of nitrogens with one attached hydrogen (secondary N) is 1. The molecule has 1 N–H and O–H groups in total. The molecule has 1 aromatic heterocycles. The van der Waals surface area contributed by atoms with Crippen LogP contribution in [0.4, 0.5) is 5.69 Å². The lowest BCUT2D eigenvalue weighted by Crippen LogP contribution is -2.29. The lowest BCUT2D eigenvalue weighted by Gasteiger charge is -2.20. The highest BCUT2D eigenvalue weighted by atomic mass is 32.1. The molecule has 1 aliphatic rings. The number of carbonyl (C=O) groups excluding carboxylic acids is 2. The summed E-state index contributed by atoms with van der Waals surface area (Å²) in [6.45, 7) is 5.39. The summed E-state index contributed by atoms with van der Waals surface area (Å²) in [6.07, 6.45) is 2.11. The number of aromatic nitrogens is 1. The van der Waals surface area contributed by atoms with E-state index < -0.39 is 0 Å². The van der Waals surface area contributed by atoms with Crippen LogP contribution in [0.25, 0.3) is 11.3 Å². The van der Waals surface area contributed by atoms with Gasteiger partial charge in [-0.05, 0) is 32.8 Å². The van der Waals surface area contributed by atoms with Crippen molar-refractivity contribution in [3.05, 3.63) is 57.4 Å². The smallest absolute Gasteiger partial charge is 0.256 e. The monoisotopic (exact) mass is 479 g/mol. The van der Waals surface area contributed by atoms with Gasteiger partial charge in [0.2, 0.25) is 5.91 Å². The number of anilines is 1. The molecule has 3 aromatic rings. The van der Waals surface area contributed by atoms with Gasteiger partial charge in [-0.2, -0.15) is 0 Å². The number of benzene rings is 2. The van der Waals surface area contributed by atoms with Crippen LogP contribution in [0.5, 0.6) is 11.5 Å². The van der Waals surface area contributed by atoms with Crippen LogP contribution >= 0.6 is 11.3 Å². The van der Waals surface area contributed by atoms with Crippen LogP contribution in [0.15, 0.2) is 36.4 Å². The number of carbonyl (C=O) groups is 2. The predicted octanol–water partition coefficient (Wildman–Crippen LogP) is 4.86. The molecule has 1 saturated heterocycles. The van der Waals surface area contributed by atoms with Crippen molar-refractivity contribution in [1.82, 2.24) is 9.88 Å². The third kappa shape index (κ3) is 5.07. The van der Waals surface area contributed by atoms with E-state index in [0.29, 0.717) is 35.8 Å². The molecule has 0 unspecified atom stereocenters. The molecule has 8 heteroatoms. The van der Waals surface area contributed by atoms with Crippen LogP contribution < -0.4 is 14.8 Å². The fourth-order valence-electron chi connectivity index (χ4n) is 4.12. The quantitative estimate of drug-likeness (QED) is 0.523. The Balaban J connectivity index is 1.62. The third-order valence-corrected chi connectivity index (χ3v) is 6.84. The molecule has 1 fully saturated rings. The first kappa shape index (κ1) is 23.8. The van der Waals surface area contributed by atoms with Gasteiger partial charge in [0.15, 0.2) is 11.5 Å². The van der Waals surface area contributed by atoms with Crippen molar-refractivity contribution in [3.63, 3.8) is 0 Å². The summed E-state index contributed by atoms with van der Waals surface area (Å²) in [5.74, 6) is 0.551. The van der Waals surface area contributed by atoms with Crippen LogP contribution in [0.2, 0.25) is 0 Å². The van der Waals surface area contributed by atoms with E-state index in [1.54, 1.807) is 17.0 Å². The topological polar surface area (TPSA) is 80.8 Å². The Morgan fingerprint density at radius 2 is 1.68 bits per heavy atom. The largest absolute Gasteiger partial charge is 0.493 e. The normalized spacial score (nSPS) is 13.1. The van der Waals surface area contributed by atoms with Crippen molar-refractivity contribution in [2.24, 2.45) is 0 Å². The van der Waals surface area contributed by atoms with Crippen molar-refractivity contribution in [3.8, 4) is 22.8 Å².